The fourth-order valence-corrected chi connectivity index (χ4v) is 2.88. The van der Waals surface area contributed by atoms with Gasteiger partial charge in [-0.25, -0.2) is 9.78 Å². The number of pyridine rings is 1. The van der Waals surface area contributed by atoms with Crippen LogP contribution in [0, 0.1) is 0 Å². The van der Waals surface area contributed by atoms with Crippen molar-refractivity contribution in [1.29, 1.82) is 0 Å². The summed E-state index contributed by atoms with van der Waals surface area (Å²) >= 11 is 0. The van der Waals surface area contributed by atoms with Crippen LogP contribution in [0.25, 0.3) is 5.52 Å². The van der Waals surface area contributed by atoms with Gasteiger partial charge in [0.05, 0.1) is 12.6 Å². The molecule has 1 atom stereocenters. The molecule has 2 aromatic heterocycles. The zero-order valence-electron chi connectivity index (χ0n) is 12.0. The SMILES string of the molecule is COc1ccn2c(CC3CCCCN3)nc(C(=O)O)c2c1. The number of hydrogen-bond donors (Lipinski definition) is 2. The molecule has 3 rings (SSSR count). The van der Waals surface area contributed by atoms with Crippen molar-refractivity contribution in [3.63, 3.8) is 0 Å². The van der Waals surface area contributed by atoms with Gasteiger partial charge in [0.15, 0.2) is 5.69 Å². The molecule has 0 aliphatic carbocycles. The Hall–Kier alpha value is -2.08. The molecule has 0 radical (unpaired) electrons. The summed E-state index contributed by atoms with van der Waals surface area (Å²) in [5.74, 6) is 0.403. The van der Waals surface area contributed by atoms with Gasteiger partial charge in [-0.1, -0.05) is 6.42 Å². The van der Waals surface area contributed by atoms with Crippen molar-refractivity contribution >= 4 is 11.5 Å². The Morgan fingerprint density at radius 1 is 1.57 bits per heavy atom. The number of carboxylic acids is 1. The van der Waals surface area contributed by atoms with E-state index >= 15 is 0 Å². The highest BCUT2D eigenvalue weighted by molar-refractivity contribution is 5.94. The van der Waals surface area contributed by atoms with Gasteiger partial charge in [-0.15, -0.1) is 0 Å². The van der Waals surface area contributed by atoms with Crippen LogP contribution in [-0.4, -0.2) is 40.2 Å². The molecule has 1 aliphatic heterocycles. The smallest absolute Gasteiger partial charge is 0.356 e. The van der Waals surface area contributed by atoms with Crippen molar-refractivity contribution in [2.24, 2.45) is 0 Å². The van der Waals surface area contributed by atoms with Gasteiger partial charge in [0, 0.05) is 24.7 Å². The Balaban J connectivity index is 1.99. The number of nitrogens with zero attached hydrogens (tertiary/aromatic N) is 2. The number of carboxylic acid groups (broad SMARTS) is 1. The summed E-state index contributed by atoms with van der Waals surface area (Å²) in [6.45, 7) is 1.02. The van der Waals surface area contributed by atoms with Crippen LogP contribution in [0.4, 0.5) is 0 Å². The van der Waals surface area contributed by atoms with E-state index in [1.54, 1.807) is 13.2 Å². The van der Waals surface area contributed by atoms with Crippen LogP contribution >= 0.6 is 0 Å². The molecule has 0 saturated carbocycles. The number of rotatable bonds is 4. The first kappa shape index (κ1) is 13.9. The highest BCUT2D eigenvalue weighted by Gasteiger charge is 2.21. The second-order valence-corrected chi connectivity index (χ2v) is 5.35. The molecule has 0 aromatic carbocycles. The molecule has 1 unspecified atom stereocenters. The van der Waals surface area contributed by atoms with E-state index in [1.165, 1.54) is 12.8 Å². The van der Waals surface area contributed by atoms with E-state index in [0.29, 0.717) is 17.3 Å². The van der Waals surface area contributed by atoms with Crippen molar-refractivity contribution in [2.75, 3.05) is 13.7 Å². The van der Waals surface area contributed by atoms with Crippen LogP contribution in [0.3, 0.4) is 0 Å². The maximum atomic E-state index is 11.4. The lowest BCUT2D eigenvalue weighted by Gasteiger charge is -2.22. The topological polar surface area (TPSA) is 75.9 Å². The summed E-state index contributed by atoms with van der Waals surface area (Å²) in [6, 6.07) is 3.90. The van der Waals surface area contributed by atoms with E-state index in [-0.39, 0.29) is 5.69 Å². The Morgan fingerprint density at radius 2 is 2.43 bits per heavy atom. The van der Waals surface area contributed by atoms with Crippen LogP contribution in [0.15, 0.2) is 18.3 Å². The minimum Gasteiger partial charge on any atom is -0.497 e. The first-order chi connectivity index (χ1) is 10.2. The first-order valence-corrected chi connectivity index (χ1v) is 7.20. The molecule has 2 aromatic rings. The highest BCUT2D eigenvalue weighted by Crippen LogP contribution is 2.21. The van der Waals surface area contributed by atoms with Crippen molar-refractivity contribution < 1.29 is 14.6 Å². The van der Waals surface area contributed by atoms with E-state index in [9.17, 15) is 9.90 Å². The number of hydrogen-bond acceptors (Lipinski definition) is 4. The molecule has 3 heterocycles. The Kier molecular flexibility index (Phi) is 3.79. The maximum Gasteiger partial charge on any atom is 0.356 e. The van der Waals surface area contributed by atoms with Crippen LogP contribution in [0.5, 0.6) is 5.75 Å². The average Bonchev–Trinajstić information content (AvgIpc) is 2.86. The van der Waals surface area contributed by atoms with Gasteiger partial charge in [-0.05, 0) is 25.5 Å². The summed E-state index contributed by atoms with van der Waals surface area (Å²) in [4.78, 5) is 15.7. The van der Waals surface area contributed by atoms with Crippen LogP contribution in [0.2, 0.25) is 0 Å². The molecular weight excluding hydrogens is 270 g/mol. The minimum absolute atomic E-state index is 0.0831. The number of imidazole rings is 1. The van der Waals surface area contributed by atoms with Gasteiger partial charge in [-0.2, -0.15) is 0 Å². The van der Waals surface area contributed by atoms with E-state index in [1.807, 2.05) is 16.7 Å². The third-order valence-corrected chi connectivity index (χ3v) is 3.97. The molecule has 1 fully saturated rings. The molecule has 6 nitrogen and oxygen atoms in total. The molecule has 0 amide bonds. The van der Waals surface area contributed by atoms with Crippen LogP contribution < -0.4 is 10.1 Å². The van der Waals surface area contributed by atoms with Gasteiger partial charge in [-0.3, -0.25) is 0 Å². The summed E-state index contributed by atoms with van der Waals surface area (Å²) in [6.07, 6.45) is 6.08. The molecule has 1 saturated heterocycles. The lowest BCUT2D eigenvalue weighted by atomic mass is 10.0. The van der Waals surface area contributed by atoms with E-state index in [0.717, 1.165) is 25.2 Å². The number of piperidine rings is 1. The van der Waals surface area contributed by atoms with Crippen molar-refractivity contribution in [3.8, 4) is 5.75 Å². The molecular formula is C15H19N3O3. The number of aromatic carboxylic acids is 1. The second-order valence-electron chi connectivity index (χ2n) is 5.35. The van der Waals surface area contributed by atoms with Gasteiger partial charge >= 0.3 is 5.97 Å². The maximum absolute atomic E-state index is 11.4. The third kappa shape index (κ3) is 2.71. The number of carbonyl (C=O) groups is 1. The summed E-state index contributed by atoms with van der Waals surface area (Å²) in [5.41, 5.74) is 0.660. The van der Waals surface area contributed by atoms with Crippen molar-refractivity contribution in [1.82, 2.24) is 14.7 Å². The fourth-order valence-electron chi connectivity index (χ4n) is 2.88. The van der Waals surface area contributed by atoms with Crippen LogP contribution in [0.1, 0.15) is 35.6 Å². The Labute approximate surface area is 122 Å². The van der Waals surface area contributed by atoms with Crippen molar-refractivity contribution in [3.05, 3.63) is 29.8 Å². The molecule has 2 N–H and O–H groups in total. The Bertz CT molecular complexity index is 659. The van der Waals surface area contributed by atoms with Crippen molar-refractivity contribution in [2.45, 2.75) is 31.7 Å². The highest BCUT2D eigenvalue weighted by atomic mass is 16.5. The molecule has 6 heteroatoms. The monoisotopic (exact) mass is 289 g/mol. The summed E-state index contributed by atoms with van der Waals surface area (Å²) in [5, 5.41) is 12.8. The normalized spacial score (nSPS) is 18.8. The lowest BCUT2D eigenvalue weighted by molar-refractivity contribution is 0.0693. The summed E-state index contributed by atoms with van der Waals surface area (Å²) in [7, 11) is 1.56. The third-order valence-electron chi connectivity index (χ3n) is 3.97. The van der Waals surface area contributed by atoms with E-state index < -0.39 is 5.97 Å². The average molecular weight is 289 g/mol. The van der Waals surface area contributed by atoms with E-state index in [4.69, 9.17) is 4.74 Å². The van der Waals surface area contributed by atoms with Gasteiger partial charge < -0.3 is 19.6 Å². The van der Waals surface area contributed by atoms with Gasteiger partial charge in [0.2, 0.25) is 0 Å². The summed E-state index contributed by atoms with van der Waals surface area (Å²) < 4.78 is 7.02. The van der Waals surface area contributed by atoms with Gasteiger partial charge in [0.1, 0.15) is 11.6 Å². The molecule has 1 aliphatic rings. The predicted molar refractivity (Wildman–Crippen MR) is 78.0 cm³/mol. The van der Waals surface area contributed by atoms with Crippen LogP contribution in [-0.2, 0) is 6.42 Å². The molecule has 21 heavy (non-hydrogen) atoms. The number of aromatic nitrogens is 2. The standard InChI is InChI=1S/C15H19N3O3/c1-21-11-5-7-18-12(9-11)14(15(19)20)17-13(18)8-10-4-2-3-6-16-10/h5,7,9-10,16H,2-4,6,8H2,1H3,(H,19,20). The fraction of sp³-hybridized carbons (Fsp3) is 0.467. The van der Waals surface area contributed by atoms with Gasteiger partial charge in [0.25, 0.3) is 0 Å². The minimum atomic E-state index is -1.01. The number of ether oxygens (including phenoxy) is 1. The Morgan fingerprint density at radius 3 is 3.10 bits per heavy atom. The molecule has 0 spiro atoms. The molecule has 112 valence electrons. The molecule has 0 bridgehead atoms. The second kappa shape index (κ2) is 5.73. The quantitative estimate of drug-likeness (QED) is 0.896. The zero-order valence-corrected chi connectivity index (χ0v) is 12.0. The number of methoxy groups -OCH3 is 1. The number of fused-ring (bicyclic) bond motifs is 1. The van der Waals surface area contributed by atoms with E-state index in [2.05, 4.69) is 10.3 Å². The zero-order chi connectivity index (χ0) is 14.8. The largest absolute Gasteiger partial charge is 0.497 e. The predicted octanol–water partition coefficient (Wildman–Crippen LogP) is 1.73. The first-order valence-electron chi connectivity index (χ1n) is 7.20. The lowest BCUT2D eigenvalue weighted by Crippen LogP contribution is -2.36. The number of nitrogens with one attached hydrogen (secondary N) is 1.